The van der Waals surface area contributed by atoms with Crippen molar-refractivity contribution in [1.29, 1.82) is 0 Å². The van der Waals surface area contributed by atoms with E-state index in [0.29, 0.717) is 17.7 Å². The van der Waals surface area contributed by atoms with Gasteiger partial charge in [0.1, 0.15) is 5.75 Å². The molecule has 23 heavy (non-hydrogen) atoms. The average Bonchev–Trinajstić information content (AvgIpc) is 3.02. The SMILES string of the molecule is COc1ccc(S(=O)(=O)NC2(CN)CCCC2)c2ccccc12. The van der Waals surface area contributed by atoms with Crippen LogP contribution >= 0.6 is 0 Å². The summed E-state index contributed by atoms with van der Waals surface area (Å²) in [6.45, 7) is 0.320. The van der Waals surface area contributed by atoms with Crippen molar-refractivity contribution >= 4 is 20.8 Å². The van der Waals surface area contributed by atoms with Gasteiger partial charge in [-0.15, -0.1) is 0 Å². The summed E-state index contributed by atoms with van der Waals surface area (Å²) in [6.07, 6.45) is 3.58. The second-order valence-corrected chi connectivity index (χ2v) is 7.76. The van der Waals surface area contributed by atoms with E-state index in [-0.39, 0.29) is 4.90 Å². The molecule has 0 atom stereocenters. The molecular formula is C17H22N2O3S. The number of methoxy groups -OCH3 is 1. The molecular weight excluding hydrogens is 312 g/mol. The number of nitrogens with one attached hydrogen (secondary N) is 1. The van der Waals surface area contributed by atoms with Gasteiger partial charge in [-0.3, -0.25) is 0 Å². The molecule has 2 aromatic rings. The summed E-state index contributed by atoms with van der Waals surface area (Å²) in [7, 11) is -2.07. The van der Waals surface area contributed by atoms with Gasteiger partial charge in [0.25, 0.3) is 0 Å². The van der Waals surface area contributed by atoms with Crippen LogP contribution in [0.1, 0.15) is 25.7 Å². The largest absolute Gasteiger partial charge is 0.496 e. The highest BCUT2D eigenvalue weighted by Gasteiger charge is 2.37. The minimum absolute atomic E-state index is 0.272. The summed E-state index contributed by atoms with van der Waals surface area (Å²) in [5, 5.41) is 1.44. The van der Waals surface area contributed by atoms with Crippen LogP contribution in [0.5, 0.6) is 5.75 Å². The van der Waals surface area contributed by atoms with Crippen molar-refractivity contribution in [3.8, 4) is 5.75 Å². The van der Waals surface area contributed by atoms with Gasteiger partial charge in [-0.25, -0.2) is 13.1 Å². The molecule has 0 unspecified atom stereocenters. The van der Waals surface area contributed by atoms with Crippen LogP contribution in [-0.4, -0.2) is 27.6 Å². The number of benzene rings is 2. The quantitative estimate of drug-likeness (QED) is 0.880. The van der Waals surface area contributed by atoms with Crippen LogP contribution in [0.3, 0.4) is 0 Å². The molecule has 1 aliphatic rings. The molecule has 6 heteroatoms. The fourth-order valence-electron chi connectivity index (χ4n) is 3.40. The van der Waals surface area contributed by atoms with Gasteiger partial charge < -0.3 is 10.5 Å². The van der Waals surface area contributed by atoms with Gasteiger partial charge in [0, 0.05) is 22.9 Å². The maximum atomic E-state index is 13.0. The molecule has 0 aliphatic heterocycles. The molecule has 0 spiro atoms. The maximum Gasteiger partial charge on any atom is 0.241 e. The summed E-state index contributed by atoms with van der Waals surface area (Å²) < 4.78 is 34.1. The van der Waals surface area contributed by atoms with Crippen molar-refractivity contribution in [1.82, 2.24) is 4.72 Å². The molecule has 3 N–H and O–H groups in total. The van der Waals surface area contributed by atoms with Crippen molar-refractivity contribution < 1.29 is 13.2 Å². The third-order valence-corrected chi connectivity index (χ3v) is 6.29. The molecule has 2 aromatic carbocycles. The second kappa shape index (κ2) is 6.11. The molecule has 0 amide bonds. The fraction of sp³-hybridized carbons (Fsp3) is 0.412. The molecule has 1 saturated carbocycles. The summed E-state index contributed by atoms with van der Waals surface area (Å²) in [5.74, 6) is 0.661. The number of sulfonamides is 1. The molecule has 0 saturated heterocycles. The molecule has 5 nitrogen and oxygen atoms in total. The normalized spacial score (nSPS) is 17.5. The van der Waals surface area contributed by atoms with Gasteiger partial charge >= 0.3 is 0 Å². The molecule has 0 aromatic heterocycles. The Morgan fingerprint density at radius 3 is 2.39 bits per heavy atom. The van der Waals surface area contributed by atoms with Gasteiger partial charge in [-0.1, -0.05) is 37.1 Å². The van der Waals surface area contributed by atoms with Crippen LogP contribution in [0.25, 0.3) is 10.8 Å². The zero-order valence-electron chi connectivity index (χ0n) is 13.2. The Balaban J connectivity index is 2.09. The van der Waals surface area contributed by atoms with Gasteiger partial charge in [0.2, 0.25) is 10.0 Å². The first-order valence-corrected chi connectivity index (χ1v) is 9.29. The van der Waals surface area contributed by atoms with Crippen molar-refractivity contribution in [3.63, 3.8) is 0 Å². The van der Waals surface area contributed by atoms with E-state index in [4.69, 9.17) is 10.5 Å². The Bertz CT molecular complexity index is 812. The van der Waals surface area contributed by atoms with Crippen molar-refractivity contribution in [2.75, 3.05) is 13.7 Å². The van der Waals surface area contributed by atoms with Crippen molar-refractivity contribution in [2.45, 2.75) is 36.1 Å². The lowest BCUT2D eigenvalue weighted by atomic mass is 10.0. The minimum atomic E-state index is -3.65. The number of ether oxygens (including phenoxy) is 1. The first kappa shape index (κ1) is 16.2. The van der Waals surface area contributed by atoms with Crippen molar-refractivity contribution in [2.24, 2.45) is 5.73 Å². The molecule has 1 aliphatic carbocycles. The fourth-order valence-corrected chi connectivity index (χ4v) is 5.08. The van der Waals surface area contributed by atoms with Gasteiger partial charge in [0.15, 0.2) is 0 Å². The highest BCUT2D eigenvalue weighted by atomic mass is 32.2. The van der Waals surface area contributed by atoms with E-state index in [2.05, 4.69) is 4.72 Å². The zero-order chi connectivity index (χ0) is 16.5. The molecule has 0 radical (unpaired) electrons. The number of hydrogen-bond acceptors (Lipinski definition) is 4. The number of hydrogen-bond donors (Lipinski definition) is 2. The summed E-state index contributed by atoms with van der Waals surface area (Å²) >= 11 is 0. The van der Waals surface area contributed by atoms with Crippen LogP contribution in [0.4, 0.5) is 0 Å². The Kier molecular flexibility index (Phi) is 4.31. The molecule has 0 bridgehead atoms. The second-order valence-electron chi connectivity index (χ2n) is 6.11. The smallest absolute Gasteiger partial charge is 0.241 e. The third kappa shape index (κ3) is 2.94. The first-order chi connectivity index (χ1) is 11.0. The predicted octanol–water partition coefficient (Wildman–Crippen LogP) is 2.40. The molecule has 0 heterocycles. The van der Waals surface area contributed by atoms with Crippen molar-refractivity contribution in [3.05, 3.63) is 36.4 Å². The minimum Gasteiger partial charge on any atom is -0.496 e. The Morgan fingerprint density at radius 2 is 1.78 bits per heavy atom. The molecule has 3 rings (SSSR count). The Labute approximate surface area is 136 Å². The zero-order valence-corrected chi connectivity index (χ0v) is 14.0. The Morgan fingerprint density at radius 1 is 1.13 bits per heavy atom. The summed E-state index contributed by atoms with van der Waals surface area (Å²) in [5.41, 5.74) is 5.35. The van der Waals surface area contributed by atoms with E-state index in [1.165, 1.54) is 0 Å². The van der Waals surface area contributed by atoms with Gasteiger partial charge in [-0.2, -0.15) is 0 Å². The van der Waals surface area contributed by atoms with E-state index >= 15 is 0 Å². The number of fused-ring (bicyclic) bond motifs is 1. The highest BCUT2D eigenvalue weighted by molar-refractivity contribution is 7.89. The van der Waals surface area contributed by atoms with Gasteiger partial charge in [0.05, 0.1) is 12.0 Å². The first-order valence-electron chi connectivity index (χ1n) is 7.81. The standard InChI is InChI=1S/C17H22N2O3S/c1-22-15-8-9-16(14-7-3-2-6-13(14)15)23(20,21)19-17(12-18)10-4-5-11-17/h2-3,6-9,19H,4-5,10-12,18H2,1H3. The average molecular weight is 334 g/mol. The molecule has 124 valence electrons. The van der Waals surface area contributed by atoms with E-state index in [1.54, 1.807) is 25.3 Å². The summed E-state index contributed by atoms with van der Waals surface area (Å²) in [6, 6.07) is 10.7. The molecule has 1 fully saturated rings. The number of nitrogens with two attached hydrogens (primary N) is 1. The van der Waals surface area contributed by atoms with E-state index in [1.807, 2.05) is 18.2 Å². The van der Waals surface area contributed by atoms with Crippen LogP contribution in [0.2, 0.25) is 0 Å². The monoisotopic (exact) mass is 334 g/mol. The lowest BCUT2D eigenvalue weighted by molar-refractivity contribution is 0.399. The van der Waals surface area contributed by atoms with Crippen LogP contribution in [0, 0.1) is 0 Å². The Hall–Kier alpha value is -1.63. The third-order valence-electron chi connectivity index (χ3n) is 4.66. The summed E-state index contributed by atoms with van der Waals surface area (Å²) in [4.78, 5) is 0.272. The van der Waals surface area contributed by atoms with Crippen LogP contribution in [-0.2, 0) is 10.0 Å². The lowest BCUT2D eigenvalue weighted by Crippen LogP contribution is -2.51. The van der Waals surface area contributed by atoms with E-state index < -0.39 is 15.6 Å². The van der Waals surface area contributed by atoms with Gasteiger partial charge in [-0.05, 0) is 25.0 Å². The van der Waals surface area contributed by atoms with Crippen LogP contribution in [0.15, 0.2) is 41.3 Å². The van der Waals surface area contributed by atoms with E-state index in [0.717, 1.165) is 31.1 Å². The maximum absolute atomic E-state index is 13.0. The van der Waals surface area contributed by atoms with E-state index in [9.17, 15) is 8.42 Å². The topological polar surface area (TPSA) is 81.4 Å². The van der Waals surface area contributed by atoms with Crippen LogP contribution < -0.4 is 15.2 Å². The predicted molar refractivity (Wildman–Crippen MR) is 91.1 cm³/mol. The number of rotatable bonds is 5. The lowest BCUT2D eigenvalue weighted by Gasteiger charge is -2.28. The highest BCUT2D eigenvalue weighted by Crippen LogP contribution is 2.34.